The van der Waals surface area contributed by atoms with Gasteiger partial charge in [0.05, 0.1) is 18.7 Å². The zero-order valence-electron chi connectivity index (χ0n) is 9.44. The average molecular weight is 240 g/mol. The first-order valence-electron chi connectivity index (χ1n) is 5.64. The van der Waals surface area contributed by atoms with Crippen LogP contribution in [0.15, 0.2) is 5.38 Å². The number of carbonyl (C=O) groups is 1. The first-order chi connectivity index (χ1) is 7.79. The van der Waals surface area contributed by atoms with Crippen LogP contribution in [0.25, 0.3) is 0 Å². The van der Waals surface area contributed by atoms with Crippen LogP contribution in [0, 0.1) is 0 Å². The van der Waals surface area contributed by atoms with Crippen LogP contribution in [-0.2, 0) is 16.0 Å². The molecule has 0 N–H and O–H groups in total. The van der Waals surface area contributed by atoms with Gasteiger partial charge in [-0.1, -0.05) is 0 Å². The molecule has 1 aliphatic heterocycles. The van der Waals surface area contributed by atoms with Crippen LogP contribution in [-0.4, -0.2) is 30.6 Å². The summed E-state index contributed by atoms with van der Waals surface area (Å²) in [4.78, 5) is 18.0. The number of hydrogen-bond acceptors (Lipinski definition) is 5. The predicted molar refractivity (Wildman–Crippen MR) is 63.9 cm³/mol. The van der Waals surface area contributed by atoms with Gasteiger partial charge in [-0.05, 0) is 19.8 Å². The maximum Gasteiger partial charge on any atom is 0.311 e. The van der Waals surface area contributed by atoms with Gasteiger partial charge in [-0.3, -0.25) is 4.79 Å². The van der Waals surface area contributed by atoms with Crippen LogP contribution in [0.1, 0.15) is 25.5 Å². The smallest absolute Gasteiger partial charge is 0.311 e. The number of anilines is 1. The highest BCUT2D eigenvalue weighted by Crippen LogP contribution is 2.24. The summed E-state index contributed by atoms with van der Waals surface area (Å²) in [6.45, 7) is 4.43. The number of hydrogen-bond donors (Lipinski definition) is 0. The molecule has 1 aromatic rings. The van der Waals surface area contributed by atoms with Gasteiger partial charge in [0.1, 0.15) is 0 Å². The van der Waals surface area contributed by atoms with Crippen LogP contribution in [0.4, 0.5) is 5.13 Å². The number of ether oxygens (including phenoxy) is 1. The van der Waals surface area contributed by atoms with E-state index < -0.39 is 0 Å². The summed E-state index contributed by atoms with van der Waals surface area (Å²) < 4.78 is 4.89. The van der Waals surface area contributed by atoms with E-state index in [-0.39, 0.29) is 12.4 Å². The van der Waals surface area contributed by atoms with Gasteiger partial charge in [-0.15, -0.1) is 11.3 Å². The maximum absolute atomic E-state index is 11.3. The zero-order chi connectivity index (χ0) is 11.4. The Bertz CT molecular complexity index is 359. The molecule has 2 rings (SSSR count). The van der Waals surface area contributed by atoms with E-state index in [1.165, 1.54) is 12.8 Å². The molecule has 88 valence electrons. The van der Waals surface area contributed by atoms with E-state index in [0.29, 0.717) is 6.61 Å². The second-order valence-corrected chi connectivity index (χ2v) is 4.63. The third-order valence-corrected chi connectivity index (χ3v) is 3.50. The molecule has 0 aromatic carbocycles. The van der Waals surface area contributed by atoms with Crippen LogP contribution in [0.3, 0.4) is 0 Å². The second kappa shape index (κ2) is 5.30. The molecule has 0 radical (unpaired) electrons. The summed E-state index contributed by atoms with van der Waals surface area (Å²) in [7, 11) is 0. The predicted octanol–water partition coefficient (Wildman–Crippen LogP) is 1.85. The first-order valence-corrected chi connectivity index (χ1v) is 6.52. The molecule has 2 heterocycles. The first kappa shape index (κ1) is 11.4. The van der Waals surface area contributed by atoms with Crippen LogP contribution in [0.2, 0.25) is 0 Å². The van der Waals surface area contributed by atoms with E-state index in [9.17, 15) is 4.79 Å². The van der Waals surface area contributed by atoms with Gasteiger partial charge in [0.25, 0.3) is 0 Å². The van der Waals surface area contributed by atoms with Crippen LogP contribution >= 0.6 is 11.3 Å². The molecule has 0 saturated carbocycles. The van der Waals surface area contributed by atoms with Crippen molar-refractivity contribution in [2.75, 3.05) is 24.6 Å². The van der Waals surface area contributed by atoms with E-state index in [1.54, 1.807) is 11.3 Å². The standard InChI is InChI=1S/C11H16N2O2S/c1-2-15-10(14)7-9-8-16-11(12-9)13-5-3-4-6-13/h8H,2-7H2,1H3. The summed E-state index contributed by atoms with van der Waals surface area (Å²) >= 11 is 1.61. The van der Waals surface area contributed by atoms with Crippen molar-refractivity contribution >= 4 is 22.4 Å². The molecule has 0 bridgehead atoms. The minimum absolute atomic E-state index is 0.194. The van der Waals surface area contributed by atoms with E-state index in [1.807, 2.05) is 12.3 Å². The van der Waals surface area contributed by atoms with Crippen molar-refractivity contribution in [1.29, 1.82) is 0 Å². The number of nitrogens with zero attached hydrogens (tertiary/aromatic N) is 2. The molecule has 0 atom stereocenters. The van der Waals surface area contributed by atoms with Gasteiger partial charge in [0.15, 0.2) is 5.13 Å². The minimum atomic E-state index is -0.194. The summed E-state index contributed by atoms with van der Waals surface area (Å²) in [6, 6.07) is 0. The lowest BCUT2D eigenvalue weighted by molar-refractivity contribution is -0.142. The van der Waals surface area contributed by atoms with Crippen LogP contribution < -0.4 is 4.90 Å². The number of carbonyl (C=O) groups excluding carboxylic acids is 1. The van der Waals surface area contributed by atoms with Gasteiger partial charge < -0.3 is 9.64 Å². The summed E-state index contributed by atoms with van der Waals surface area (Å²) in [5.41, 5.74) is 0.824. The normalized spacial score (nSPS) is 15.4. The number of thiazole rings is 1. The Morgan fingerprint density at radius 3 is 3.00 bits per heavy atom. The van der Waals surface area contributed by atoms with Crippen molar-refractivity contribution < 1.29 is 9.53 Å². The summed E-state index contributed by atoms with van der Waals surface area (Å²) in [5, 5.41) is 2.99. The van der Waals surface area contributed by atoms with Crippen molar-refractivity contribution in [2.45, 2.75) is 26.2 Å². The zero-order valence-corrected chi connectivity index (χ0v) is 10.3. The fraction of sp³-hybridized carbons (Fsp3) is 0.636. The van der Waals surface area contributed by atoms with Gasteiger partial charge in [0.2, 0.25) is 0 Å². The lowest BCUT2D eigenvalue weighted by Gasteiger charge is -2.12. The third kappa shape index (κ3) is 2.72. The molecule has 1 saturated heterocycles. The van der Waals surface area contributed by atoms with E-state index >= 15 is 0 Å². The van der Waals surface area contributed by atoms with Gasteiger partial charge in [-0.25, -0.2) is 4.98 Å². The number of esters is 1. The highest BCUT2D eigenvalue weighted by molar-refractivity contribution is 7.13. The fourth-order valence-corrected chi connectivity index (χ4v) is 2.67. The van der Waals surface area contributed by atoms with Crippen molar-refractivity contribution in [3.63, 3.8) is 0 Å². The van der Waals surface area contributed by atoms with Gasteiger partial charge >= 0.3 is 5.97 Å². The maximum atomic E-state index is 11.3. The number of aromatic nitrogens is 1. The summed E-state index contributed by atoms with van der Waals surface area (Å²) in [5.74, 6) is -0.194. The van der Waals surface area contributed by atoms with Gasteiger partial charge in [0, 0.05) is 18.5 Å². The Kier molecular flexibility index (Phi) is 3.77. The molecule has 0 spiro atoms. The molecule has 4 nitrogen and oxygen atoms in total. The largest absolute Gasteiger partial charge is 0.466 e. The molecular formula is C11H16N2O2S. The molecule has 1 aromatic heterocycles. The molecule has 0 unspecified atom stereocenters. The highest BCUT2D eigenvalue weighted by Gasteiger charge is 2.16. The Morgan fingerprint density at radius 2 is 2.31 bits per heavy atom. The average Bonchev–Trinajstić information content (AvgIpc) is 2.86. The molecular weight excluding hydrogens is 224 g/mol. The van der Waals surface area contributed by atoms with Gasteiger partial charge in [-0.2, -0.15) is 0 Å². The SMILES string of the molecule is CCOC(=O)Cc1csc(N2CCCC2)n1. The monoisotopic (exact) mass is 240 g/mol. The van der Waals surface area contributed by atoms with E-state index in [0.717, 1.165) is 23.9 Å². The molecule has 5 heteroatoms. The summed E-state index contributed by atoms with van der Waals surface area (Å²) in [6.07, 6.45) is 2.78. The molecule has 0 aliphatic carbocycles. The van der Waals surface area contributed by atoms with Crippen molar-refractivity contribution in [3.05, 3.63) is 11.1 Å². The Balaban J connectivity index is 1.93. The lowest BCUT2D eigenvalue weighted by Crippen LogP contribution is -2.17. The number of rotatable bonds is 4. The Hall–Kier alpha value is -1.10. The van der Waals surface area contributed by atoms with Crippen LogP contribution in [0.5, 0.6) is 0 Å². The van der Waals surface area contributed by atoms with Crippen molar-refractivity contribution in [2.24, 2.45) is 0 Å². The Morgan fingerprint density at radius 1 is 1.56 bits per heavy atom. The highest BCUT2D eigenvalue weighted by atomic mass is 32.1. The van der Waals surface area contributed by atoms with Crippen molar-refractivity contribution in [1.82, 2.24) is 4.98 Å². The quantitative estimate of drug-likeness (QED) is 0.753. The molecule has 1 aliphatic rings. The van der Waals surface area contributed by atoms with E-state index in [4.69, 9.17) is 4.74 Å². The van der Waals surface area contributed by atoms with E-state index in [2.05, 4.69) is 9.88 Å². The molecule has 16 heavy (non-hydrogen) atoms. The minimum Gasteiger partial charge on any atom is -0.466 e. The fourth-order valence-electron chi connectivity index (χ4n) is 1.79. The Labute approximate surface area is 99.2 Å². The molecule has 0 amide bonds. The third-order valence-electron chi connectivity index (χ3n) is 2.55. The molecule has 1 fully saturated rings. The van der Waals surface area contributed by atoms with Crippen molar-refractivity contribution in [3.8, 4) is 0 Å². The topological polar surface area (TPSA) is 42.4 Å². The lowest BCUT2D eigenvalue weighted by atomic mass is 10.3. The second-order valence-electron chi connectivity index (χ2n) is 3.80.